The van der Waals surface area contributed by atoms with Crippen molar-refractivity contribution < 1.29 is 14.3 Å². The maximum Gasteiger partial charge on any atom is 0.345 e. The summed E-state index contributed by atoms with van der Waals surface area (Å²) < 4.78 is 11.9. The molecule has 1 saturated heterocycles. The first-order valence-corrected chi connectivity index (χ1v) is 7.31. The summed E-state index contributed by atoms with van der Waals surface area (Å²) in [6.45, 7) is 7.62. The van der Waals surface area contributed by atoms with Gasteiger partial charge in [-0.2, -0.15) is 5.10 Å². The van der Waals surface area contributed by atoms with Gasteiger partial charge in [0.1, 0.15) is 11.4 Å². The molecule has 0 atom stereocenters. The van der Waals surface area contributed by atoms with Crippen LogP contribution in [-0.4, -0.2) is 49.2 Å². The molecule has 7 nitrogen and oxygen atoms in total. The number of morpholine rings is 1. The van der Waals surface area contributed by atoms with Gasteiger partial charge in [0.15, 0.2) is 5.82 Å². The van der Waals surface area contributed by atoms with Gasteiger partial charge in [-0.05, 0) is 12.3 Å². The number of carbonyl (C=O) groups excluding carboxylic acids is 1. The van der Waals surface area contributed by atoms with Gasteiger partial charge in [-0.3, -0.25) is 0 Å². The topological polar surface area (TPSA) is 82.6 Å². The lowest BCUT2D eigenvalue weighted by Crippen LogP contribution is -2.37. The van der Waals surface area contributed by atoms with Crippen LogP contribution in [0.5, 0.6) is 0 Å². The lowest BCUT2D eigenvalue weighted by Gasteiger charge is -2.27. The first-order valence-electron chi connectivity index (χ1n) is 7.31. The van der Waals surface area contributed by atoms with E-state index >= 15 is 0 Å². The Hall–Kier alpha value is -1.76. The Morgan fingerprint density at radius 2 is 2.10 bits per heavy atom. The molecule has 0 radical (unpaired) electrons. The number of carbonyl (C=O) groups is 1. The molecule has 1 aliphatic heterocycles. The summed E-state index contributed by atoms with van der Waals surface area (Å²) in [7, 11) is 1.36. The van der Waals surface area contributed by atoms with E-state index < -0.39 is 5.97 Å². The van der Waals surface area contributed by atoms with Crippen molar-refractivity contribution in [2.45, 2.75) is 26.8 Å². The molecule has 0 unspecified atom stereocenters. The van der Waals surface area contributed by atoms with Gasteiger partial charge in [-0.15, -0.1) is 0 Å². The van der Waals surface area contributed by atoms with E-state index in [-0.39, 0.29) is 0 Å². The second-order valence-electron chi connectivity index (χ2n) is 5.58. The van der Waals surface area contributed by atoms with Crippen LogP contribution in [0.25, 0.3) is 0 Å². The zero-order valence-electron chi connectivity index (χ0n) is 13.0. The highest BCUT2D eigenvalue weighted by atomic mass is 16.5. The smallest absolute Gasteiger partial charge is 0.345 e. The quantitative estimate of drug-likeness (QED) is 0.820. The number of nitrogens with zero attached hydrogens (tertiary/aromatic N) is 3. The number of nitrogen functional groups attached to an aromatic ring is 1. The second kappa shape index (κ2) is 6.80. The van der Waals surface area contributed by atoms with E-state index in [1.54, 1.807) is 4.68 Å². The van der Waals surface area contributed by atoms with Gasteiger partial charge in [-0.1, -0.05) is 13.8 Å². The standard InChI is InChI=1S/C14H24N4O3/c1-10(2)4-5-18-12(15)11(14(19)20-3)13(16-18)17-6-8-21-9-7-17/h10H,4-9,15H2,1-3H3. The summed E-state index contributed by atoms with van der Waals surface area (Å²) in [6.07, 6.45) is 0.953. The number of anilines is 2. The molecule has 2 heterocycles. The first-order chi connectivity index (χ1) is 10.0. The number of esters is 1. The Morgan fingerprint density at radius 1 is 1.43 bits per heavy atom. The van der Waals surface area contributed by atoms with Crippen molar-refractivity contribution in [3.05, 3.63) is 5.56 Å². The minimum atomic E-state index is -0.440. The molecular formula is C14H24N4O3. The fourth-order valence-electron chi connectivity index (χ4n) is 2.31. The minimum Gasteiger partial charge on any atom is -0.465 e. The molecule has 0 spiro atoms. The van der Waals surface area contributed by atoms with E-state index in [4.69, 9.17) is 15.2 Å². The zero-order valence-corrected chi connectivity index (χ0v) is 13.0. The molecule has 0 saturated carbocycles. The van der Waals surface area contributed by atoms with Crippen LogP contribution >= 0.6 is 0 Å². The molecule has 2 N–H and O–H groups in total. The van der Waals surface area contributed by atoms with E-state index in [0.717, 1.165) is 6.42 Å². The monoisotopic (exact) mass is 296 g/mol. The van der Waals surface area contributed by atoms with Crippen molar-refractivity contribution in [3.63, 3.8) is 0 Å². The molecule has 0 bridgehead atoms. The normalized spacial score (nSPS) is 15.5. The highest BCUT2D eigenvalue weighted by Crippen LogP contribution is 2.27. The number of hydrogen-bond acceptors (Lipinski definition) is 6. The van der Waals surface area contributed by atoms with Crippen molar-refractivity contribution in [1.29, 1.82) is 0 Å². The Bertz CT molecular complexity index is 493. The fourth-order valence-corrected chi connectivity index (χ4v) is 2.31. The highest BCUT2D eigenvalue weighted by Gasteiger charge is 2.27. The molecule has 1 aliphatic rings. The van der Waals surface area contributed by atoms with Gasteiger partial charge in [0.2, 0.25) is 0 Å². The van der Waals surface area contributed by atoms with Crippen molar-refractivity contribution in [2.24, 2.45) is 5.92 Å². The molecule has 0 aliphatic carbocycles. The molecule has 21 heavy (non-hydrogen) atoms. The number of nitrogens with two attached hydrogens (primary N) is 1. The second-order valence-corrected chi connectivity index (χ2v) is 5.58. The molecule has 118 valence electrons. The number of aromatic nitrogens is 2. The zero-order chi connectivity index (χ0) is 15.4. The molecule has 1 fully saturated rings. The third-order valence-electron chi connectivity index (χ3n) is 3.59. The van der Waals surface area contributed by atoms with E-state index in [0.29, 0.717) is 56.0 Å². The predicted octanol–water partition coefficient (Wildman–Crippen LogP) is 1.13. The van der Waals surface area contributed by atoms with Crippen LogP contribution in [0.4, 0.5) is 11.6 Å². The van der Waals surface area contributed by atoms with Gasteiger partial charge in [0.25, 0.3) is 0 Å². The van der Waals surface area contributed by atoms with E-state index in [9.17, 15) is 4.79 Å². The highest BCUT2D eigenvalue weighted by molar-refractivity contribution is 5.99. The largest absolute Gasteiger partial charge is 0.465 e. The van der Waals surface area contributed by atoms with Crippen LogP contribution in [0, 0.1) is 5.92 Å². The molecule has 0 amide bonds. The third-order valence-corrected chi connectivity index (χ3v) is 3.59. The maximum atomic E-state index is 12.0. The van der Waals surface area contributed by atoms with Gasteiger partial charge in [0.05, 0.1) is 20.3 Å². The number of rotatable bonds is 5. The van der Waals surface area contributed by atoms with Crippen LogP contribution in [0.2, 0.25) is 0 Å². The number of hydrogen-bond donors (Lipinski definition) is 1. The van der Waals surface area contributed by atoms with Crippen molar-refractivity contribution in [3.8, 4) is 0 Å². The van der Waals surface area contributed by atoms with Crippen LogP contribution in [0.15, 0.2) is 0 Å². The summed E-state index contributed by atoms with van der Waals surface area (Å²) in [5.41, 5.74) is 6.48. The third kappa shape index (κ3) is 3.47. The fraction of sp³-hybridized carbons (Fsp3) is 0.714. The van der Waals surface area contributed by atoms with E-state index in [1.165, 1.54) is 7.11 Å². The average molecular weight is 296 g/mol. The average Bonchev–Trinajstić information content (AvgIpc) is 2.82. The van der Waals surface area contributed by atoms with Gasteiger partial charge < -0.3 is 20.1 Å². The van der Waals surface area contributed by atoms with Crippen LogP contribution in [0.3, 0.4) is 0 Å². The molecule has 1 aromatic rings. The van der Waals surface area contributed by atoms with Crippen LogP contribution < -0.4 is 10.6 Å². The van der Waals surface area contributed by atoms with Crippen LogP contribution in [0.1, 0.15) is 30.6 Å². The number of methoxy groups -OCH3 is 1. The SMILES string of the molecule is COC(=O)c1c(N2CCOCC2)nn(CCC(C)C)c1N. The van der Waals surface area contributed by atoms with Crippen molar-refractivity contribution >= 4 is 17.6 Å². The summed E-state index contributed by atoms with van der Waals surface area (Å²) in [6, 6.07) is 0. The summed E-state index contributed by atoms with van der Waals surface area (Å²) in [5, 5.41) is 4.54. The molecule has 1 aromatic heterocycles. The molecular weight excluding hydrogens is 272 g/mol. The number of aryl methyl sites for hydroxylation is 1. The Balaban J connectivity index is 2.31. The molecule has 0 aromatic carbocycles. The van der Waals surface area contributed by atoms with Crippen molar-refractivity contribution in [1.82, 2.24) is 9.78 Å². The predicted molar refractivity (Wildman–Crippen MR) is 80.5 cm³/mol. The van der Waals surface area contributed by atoms with Crippen LogP contribution in [-0.2, 0) is 16.0 Å². The Labute approximate surface area is 125 Å². The van der Waals surface area contributed by atoms with Gasteiger partial charge in [0, 0.05) is 19.6 Å². The molecule has 2 rings (SSSR count). The Kier molecular flexibility index (Phi) is 5.06. The summed E-state index contributed by atoms with van der Waals surface area (Å²) in [4.78, 5) is 14.1. The number of ether oxygens (including phenoxy) is 2. The molecule has 7 heteroatoms. The summed E-state index contributed by atoms with van der Waals surface area (Å²) >= 11 is 0. The van der Waals surface area contributed by atoms with Gasteiger partial charge in [-0.25, -0.2) is 9.48 Å². The lowest BCUT2D eigenvalue weighted by atomic mass is 10.1. The first kappa shape index (κ1) is 15.6. The minimum absolute atomic E-state index is 0.364. The van der Waals surface area contributed by atoms with Gasteiger partial charge >= 0.3 is 5.97 Å². The lowest BCUT2D eigenvalue weighted by molar-refractivity contribution is 0.0601. The van der Waals surface area contributed by atoms with E-state index in [1.807, 2.05) is 4.90 Å². The van der Waals surface area contributed by atoms with Crippen molar-refractivity contribution in [2.75, 3.05) is 44.0 Å². The maximum absolute atomic E-state index is 12.0. The summed E-state index contributed by atoms with van der Waals surface area (Å²) in [5.74, 6) is 1.09. The van der Waals surface area contributed by atoms with E-state index in [2.05, 4.69) is 18.9 Å². The Morgan fingerprint density at radius 3 is 2.67 bits per heavy atom.